The lowest BCUT2D eigenvalue weighted by Crippen LogP contribution is -2.03. The quantitative estimate of drug-likeness (QED) is 0.863. The van der Waals surface area contributed by atoms with E-state index in [1.54, 1.807) is 18.2 Å². The molecule has 0 spiro atoms. The maximum Gasteiger partial charge on any atom is 0.123 e. The van der Waals surface area contributed by atoms with Gasteiger partial charge in [0, 0.05) is 6.20 Å². The Hall–Kier alpha value is -0.510. The number of pyridine rings is 1. The molecule has 0 aliphatic rings. The zero-order valence-corrected chi connectivity index (χ0v) is 11.9. The molecule has 18 heavy (non-hydrogen) atoms. The molecular formula is C12H7Cl4NO. The standard InChI is InChI=1S/C12H7Cl4NO/c13-7-4-10(16)11(17-5-7)12(18)6-1-2-8(14)9(15)3-6/h1-5,12,18H. The van der Waals surface area contributed by atoms with Crippen molar-refractivity contribution in [2.75, 3.05) is 0 Å². The van der Waals surface area contributed by atoms with Gasteiger partial charge in [0.1, 0.15) is 6.10 Å². The highest BCUT2D eigenvalue weighted by Crippen LogP contribution is 2.31. The summed E-state index contributed by atoms with van der Waals surface area (Å²) in [6.45, 7) is 0. The fraction of sp³-hybridized carbons (Fsp3) is 0.0833. The normalized spacial score (nSPS) is 12.5. The van der Waals surface area contributed by atoms with E-state index < -0.39 is 6.10 Å². The van der Waals surface area contributed by atoms with Crippen molar-refractivity contribution in [3.05, 3.63) is 61.8 Å². The molecule has 0 amide bonds. The van der Waals surface area contributed by atoms with Gasteiger partial charge in [-0.05, 0) is 23.8 Å². The van der Waals surface area contributed by atoms with Crippen LogP contribution in [0.25, 0.3) is 0 Å². The average molecular weight is 323 g/mol. The number of hydrogen-bond donors (Lipinski definition) is 1. The van der Waals surface area contributed by atoms with Crippen LogP contribution in [0, 0.1) is 0 Å². The Labute approximate surface area is 124 Å². The van der Waals surface area contributed by atoms with Crippen molar-refractivity contribution in [3.8, 4) is 0 Å². The summed E-state index contributed by atoms with van der Waals surface area (Å²) >= 11 is 23.4. The van der Waals surface area contributed by atoms with Crippen molar-refractivity contribution in [2.45, 2.75) is 6.10 Å². The molecule has 1 unspecified atom stereocenters. The molecule has 0 aliphatic heterocycles. The van der Waals surface area contributed by atoms with Crippen LogP contribution in [0.5, 0.6) is 0 Å². The zero-order chi connectivity index (χ0) is 13.3. The summed E-state index contributed by atoms with van der Waals surface area (Å²) in [6.07, 6.45) is 0.438. The molecule has 0 radical (unpaired) electrons. The summed E-state index contributed by atoms with van der Waals surface area (Å²) in [5.41, 5.74) is 0.876. The van der Waals surface area contributed by atoms with Crippen molar-refractivity contribution >= 4 is 46.4 Å². The maximum absolute atomic E-state index is 10.2. The van der Waals surface area contributed by atoms with Crippen molar-refractivity contribution in [3.63, 3.8) is 0 Å². The molecule has 94 valence electrons. The molecular weight excluding hydrogens is 316 g/mol. The van der Waals surface area contributed by atoms with Gasteiger partial charge in [-0.3, -0.25) is 4.98 Å². The molecule has 6 heteroatoms. The van der Waals surface area contributed by atoms with Gasteiger partial charge >= 0.3 is 0 Å². The van der Waals surface area contributed by atoms with Gasteiger partial charge in [-0.2, -0.15) is 0 Å². The van der Waals surface area contributed by atoms with Crippen LogP contribution in [0.15, 0.2) is 30.5 Å². The Kier molecular flexibility index (Phi) is 4.36. The van der Waals surface area contributed by atoms with E-state index >= 15 is 0 Å². The summed E-state index contributed by atoms with van der Waals surface area (Å²) in [5.74, 6) is 0. The first-order chi connectivity index (χ1) is 8.49. The lowest BCUT2D eigenvalue weighted by Gasteiger charge is -2.12. The average Bonchev–Trinajstić information content (AvgIpc) is 2.32. The van der Waals surface area contributed by atoms with Crippen molar-refractivity contribution in [2.24, 2.45) is 0 Å². The van der Waals surface area contributed by atoms with Gasteiger partial charge in [0.05, 0.1) is 25.8 Å². The van der Waals surface area contributed by atoms with Crippen LogP contribution in [0.1, 0.15) is 17.4 Å². The first kappa shape index (κ1) is 13.9. The predicted molar refractivity (Wildman–Crippen MR) is 74.8 cm³/mol. The van der Waals surface area contributed by atoms with E-state index in [0.717, 1.165) is 0 Å². The van der Waals surface area contributed by atoms with Gasteiger partial charge < -0.3 is 5.11 Å². The molecule has 2 aromatic rings. The number of halogens is 4. The van der Waals surface area contributed by atoms with Crippen LogP contribution in [0.2, 0.25) is 20.1 Å². The van der Waals surface area contributed by atoms with Crippen LogP contribution in [-0.4, -0.2) is 10.1 Å². The molecule has 1 aromatic carbocycles. The predicted octanol–water partition coefficient (Wildman–Crippen LogP) is 4.78. The molecule has 0 bridgehead atoms. The number of rotatable bonds is 2. The van der Waals surface area contributed by atoms with E-state index in [9.17, 15) is 5.11 Å². The maximum atomic E-state index is 10.2. The van der Waals surface area contributed by atoms with E-state index in [2.05, 4.69) is 4.98 Å². The third kappa shape index (κ3) is 2.90. The second-order valence-corrected chi connectivity index (χ2v) is 5.25. The summed E-state index contributed by atoms with van der Waals surface area (Å²) in [6, 6.07) is 6.35. The van der Waals surface area contributed by atoms with Crippen LogP contribution in [-0.2, 0) is 0 Å². The first-order valence-corrected chi connectivity index (χ1v) is 6.44. The number of aliphatic hydroxyl groups excluding tert-OH is 1. The Bertz CT molecular complexity index is 588. The van der Waals surface area contributed by atoms with Gasteiger partial charge in [-0.1, -0.05) is 52.5 Å². The Morgan fingerprint density at radius 1 is 0.944 bits per heavy atom. The fourth-order valence-electron chi connectivity index (χ4n) is 1.47. The molecule has 0 aliphatic carbocycles. The molecule has 1 aromatic heterocycles. The van der Waals surface area contributed by atoms with E-state index in [1.807, 2.05) is 0 Å². The molecule has 1 N–H and O–H groups in total. The first-order valence-electron chi connectivity index (χ1n) is 4.93. The van der Waals surface area contributed by atoms with Crippen molar-refractivity contribution in [1.29, 1.82) is 0 Å². The van der Waals surface area contributed by atoms with E-state index in [4.69, 9.17) is 46.4 Å². The summed E-state index contributed by atoms with van der Waals surface area (Å²) in [4.78, 5) is 4.02. The minimum Gasteiger partial charge on any atom is -0.382 e. The van der Waals surface area contributed by atoms with Crippen LogP contribution < -0.4 is 0 Å². The molecule has 0 saturated carbocycles. The van der Waals surface area contributed by atoms with Gasteiger partial charge in [0.25, 0.3) is 0 Å². The fourth-order valence-corrected chi connectivity index (χ4v) is 2.26. The monoisotopic (exact) mass is 321 g/mol. The number of aliphatic hydroxyl groups is 1. The third-order valence-corrected chi connectivity index (χ3v) is 3.60. The highest BCUT2D eigenvalue weighted by atomic mass is 35.5. The SMILES string of the molecule is OC(c1ccc(Cl)c(Cl)c1)c1ncc(Cl)cc1Cl. The molecule has 1 atom stereocenters. The van der Waals surface area contributed by atoms with Gasteiger partial charge in [-0.25, -0.2) is 0 Å². The molecule has 2 nitrogen and oxygen atoms in total. The number of hydrogen-bond acceptors (Lipinski definition) is 2. The highest BCUT2D eigenvalue weighted by molar-refractivity contribution is 6.42. The minimum atomic E-state index is -0.982. The minimum absolute atomic E-state index is 0.293. The van der Waals surface area contributed by atoms with Gasteiger partial charge in [0.2, 0.25) is 0 Å². The Balaban J connectivity index is 2.41. The zero-order valence-electron chi connectivity index (χ0n) is 8.87. The third-order valence-electron chi connectivity index (χ3n) is 2.35. The summed E-state index contributed by atoms with van der Waals surface area (Å²) < 4.78 is 0. The lowest BCUT2D eigenvalue weighted by atomic mass is 10.1. The number of benzene rings is 1. The summed E-state index contributed by atoms with van der Waals surface area (Å²) in [5, 5.41) is 11.7. The van der Waals surface area contributed by atoms with Gasteiger partial charge in [0.15, 0.2) is 0 Å². The largest absolute Gasteiger partial charge is 0.382 e. The van der Waals surface area contributed by atoms with E-state index in [1.165, 1.54) is 12.3 Å². The van der Waals surface area contributed by atoms with Gasteiger partial charge in [-0.15, -0.1) is 0 Å². The summed E-state index contributed by atoms with van der Waals surface area (Å²) in [7, 11) is 0. The van der Waals surface area contributed by atoms with Crippen LogP contribution in [0.3, 0.4) is 0 Å². The van der Waals surface area contributed by atoms with Crippen molar-refractivity contribution < 1.29 is 5.11 Å². The number of nitrogens with zero attached hydrogens (tertiary/aromatic N) is 1. The number of aromatic nitrogens is 1. The highest BCUT2D eigenvalue weighted by Gasteiger charge is 2.16. The smallest absolute Gasteiger partial charge is 0.123 e. The van der Waals surface area contributed by atoms with E-state index in [-0.39, 0.29) is 0 Å². The topological polar surface area (TPSA) is 33.1 Å². The molecule has 0 fully saturated rings. The molecule has 2 rings (SSSR count). The van der Waals surface area contributed by atoms with Crippen LogP contribution in [0.4, 0.5) is 0 Å². The molecule has 0 saturated heterocycles. The molecule has 1 heterocycles. The second kappa shape index (κ2) is 5.64. The Morgan fingerprint density at radius 3 is 2.28 bits per heavy atom. The second-order valence-electron chi connectivity index (χ2n) is 3.60. The van der Waals surface area contributed by atoms with Crippen LogP contribution >= 0.6 is 46.4 Å². The van der Waals surface area contributed by atoms with E-state index in [0.29, 0.717) is 31.3 Å². The van der Waals surface area contributed by atoms with Crippen molar-refractivity contribution in [1.82, 2.24) is 4.98 Å². The Morgan fingerprint density at radius 2 is 1.67 bits per heavy atom. The lowest BCUT2D eigenvalue weighted by molar-refractivity contribution is 0.215.